The summed E-state index contributed by atoms with van der Waals surface area (Å²) in [6.45, 7) is 1.87. The van der Waals surface area contributed by atoms with Gasteiger partial charge < -0.3 is 4.18 Å². The Morgan fingerprint density at radius 1 is 1.10 bits per heavy atom. The molecule has 2 aromatic rings. The molecule has 0 spiro atoms. The summed E-state index contributed by atoms with van der Waals surface area (Å²) >= 11 is 0. The van der Waals surface area contributed by atoms with E-state index in [1.165, 1.54) is 30.3 Å². The average molecular weight is 307 g/mol. The average Bonchev–Trinajstić information content (AvgIpc) is 2.41. The van der Waals surface area contributed by atoms with Crippen molar-refractivity contribution in [1.29, 1.82) is 0 Å². The van der Waals surface area contributed by atoms with Crippen molar-refractivity contribution in [3.8, 4) is 5.75 Å². The van der Waals surface area contributed by atoms with Gasteiger partial charge in [-0.05, 0) is 19.1 Å². The molecule has 0 aliphatic carbocycles. The fourth-order valence-corrected chi connectivity index (χ4v) is 2.86. The molecule has 0 atom stereocenters. The molecule has 0 heterocycles. The Bertz CT molecular complexity index is 753. The summed E-state index contributed by atoms with van der Waals surface area (Å²) in [6, 6.07) is 12.2. The molecule has 0 fully saturated rings. The Hall–Kier alpha value is -2.41. The van der Waals surface area contributed by atoms with E-state index in [0.29, 0.717) is 0 Å². The minimum atomic E-state index is -3.96. The minimum absolute atomic E-state index is 0.0922. The highest BCUT2D eigenvalue weighted by Crippen LogP contribution is 2.22. The Labute approximate surface area is 122 Å². The molecule has 0 aliphatic rings. The molecule has 0 radical (unpaired) electrons. The van der Waals surface area contributed by atoms with Crippen LogP contribution in [-0.2, 0) is 15.9 Å². The highest BCUT2D eigenvalue weighted by atomic mass is 32.2. The van der Waals surface area contributed by atoms with Gasteiger partial charge in [0.15, 0.2) is 0 Å². The van der Waals surface area contributed by atoms with Gasteiger partial charge >= 0.3 is 10.1 Å². The molecule has 0 saturated heterocycles. The monoisotopic (exact) mass is 307 g/mol. The summed E-state index contributed by atoms with van der Waals surface area (Å²) in [6.07, 6.45) is 0. The first-order valence-electron chi connectivity index (χ1n) is 6.08. The van der Waals surface area contributed by atoms with Crippen LogP contribution in [0.25, 0.3) is 0 Å². The molecule has 0 aliphatic heterocycles. The summed E-state index contributed by atoms with van der Waals surface area (Å²) in [5, 5.41) is 10.9. The first kappa shape index (κ1) is 15.0. The van der Waals surface area contributed by atoms with Gasteiger partial charge in [0.2, 0.25) is 0 Å². The van der Waals surface area contributed by atoms with Crippen LogP contribution >= 0.6 is 0 Å². The van der Waals surface area contributed by atoms with Crippen LogP contribution in [0.5, 0.6) is 5.75 Å². The van der Waals surface area contributed by atoms with Crippen LogP contribution in [0.1, 0.15) is 11.1 Å². The number of rotatable bonds is 5. The van der Waals surface area contributed by atoms with E-state index in [1.807, 2.05) is 6.92 Å². The molecular formula is C14H13NO5S. The maximum atomic E-state index is 12.0. The summed E-state index contributed by atoms with van der Waals surface area (Å²) < 4.78 is 28.9. The number of hydrogen-bond donors (Lipinski definition) is 0. The van der Waals surface area contributed by atoms with Gasteiger partial charge in [0.1, 0.15) is 11.5 Å². The molecule has 2 aromatic carbocycles. The van der Waals surface area contributed by atoms with Crippen molar-refractivity contribution in [2.24, 2.45) is 0 Å². The summed E-state index contributed by atoms with van der Waals surface area (Å²) in [4.78, 5) is 10.3. The molecule has 0 saturated carbocycles. The van der Waals surface area contributed by atoms with Gasteiger partial charge in [-0.1, -0.05) is 35.9 Å². The van der Waals surface area contributed by atoms with Crippen molar-refractivity contribution in [3.63, 3.8) is 0 Å². The van der Waals surface area contributed by atoms with Gasteiger partial charge in [-0.25, -0.2) is 0 Å². The number of nitro benzene ring substituents is 1. The lowest BCUT2D eigenvalue weighted by molar-refractivity contribution is -0.385. The zero-order valence-corrected chi connectivity index (χ0v) is 12.0. The van der Waals surface area contributed by atoms with E-state index < -0.39 is 20.8 Å². The van der Waals surface area contributed by atoms with E-state index in [4.69, 9.17) is 4.18 Å². The second-order valence-electron chi connectivity index (χ2n) is 4.48. The van der Waals surface area contributed by atoms with Gasteiger partial charge in [0.05, 0.1) is 4.92 Å². The maximum Gasteiger partial charge on any atom is 0.313 e. The lowest BCUT2D eigenvalue weighted by Crippen LogP contribution is -2.13. The van der Waals surface area contributed by atoms with Crippen molar-refractivity contribution in [3.05, 3.63) is 69.8 Å². The summed E-state index contributed by atoms with van der Waals surface area (Å²) in [5.41, 5.74) is 0.821. The third kappa shape index (κ3) is 4.03. The molecule has 0 bridgehead atoms. The molecule has 0 amide bonds. The van der Waals surface area contributed by atoms with Gasteiger partial charge in [-0.2, -0.15) is 8.42 Å². The number of nitro groups is 1. The normalized spacial score (nSPS) is 11.1. The first-order chi connectivity index (χ1) is 9.87. The van der Waals surface area contributed by atoms with Crippen LogP contribution in [0.2, 0.25) is 0 Å². The maximum absolute atomic E-state index is 12.0. The van der Waals surface area contributed by atoms with Crippen molar-refractivity contribution >= 4 is 15.8 Å². The quantitative estimate of drug-likeness (QED) is 0.481. The number of benzene rings is 2. The molecule has 110 valence electrons. The van der Waals surface area contributed by atoms with E-state index in [9.17, 15) is 18.5 Å². The zero-order valence-electron chi connectivity index (χ0n) is 11.2. The van der Waals surface area contributed by atoms with E-state index in [-0.39, 0.29) is 17.0 Å². The topological polar surface area (TPSA) is 86.5 Å². The molecule has 21 heavy (non-hydrogen) atoms. The van der Waals surface area contributed by atoms with E-state index in [2.05, 4.69) is 0 Å². The fraction of sp³-hybridized carbons (Fsp3) is 0.143. The second kappa shape index (κ2) is 5.92. The van der Waals surface area contributed by atoms with Crippen LogP contribution < -0.4 is 4.18 Å². The van der Waals surface area contributed by atoms with Crippen molar-refractivity contribution < 1.29 is 17.5 Å². The highest BCUT2D eigenvalue weighted by Gasteiger charge is 2.21. The smallest absolute Gasteiger partial charge is 0.313 e. The third-order valence-corrected chi connectivity index (χ3v) is 3.88. The zero-order chi connectivity index (χ0) is 15.5. The molecule has 0 N–H and O–H groups in total. The second-order valence-corrected chi connectivity index (χ2v) is 6.05. The largest absolute Gasteiger partial charge is 0.382 e. The predicted octanol–water partition coefficient (Wildman–Crippen LogP) is 2.81. The molecule has 6 nitrogen and oxygen atoms in total. The van der Waals surface area contributed by atoms with Crippen molar-refractivity contribution in [2.45, 2.75) is 12.7 Å². The lowest BCUT2D eigenvalue weighted by atomic mass is 10.2. The SMILES string of the molecule is Cc1ccc(OS(=O)(=O)Cc2ccccc2[N+](=O)[O-])cc1. The first-order valence-corrected chi connectivity index (χ1v) is 7.66. The molecule has 0 unspecified atom stereocenters. The Kier molecular flexibility index (Phi) is 4.23. The standard InChI is InChI=1S/C14H13NO5S/c1-11-6-8-13(9-7-11)20-21(18,19)10-12-4-2-3-5-14(12)15(16)17/h2-9H,10H2,1H3. The predicted molar refractivity (Wildman–Crippen MR) is 77.5 cm³/mol. The molecule has 7 heteroatoms. The summed E-state index contributed by atoms with van der Waals surface area (Å²) in [7, 11) is -3.96. The highest BCUT2D eigenvalue weighted by molar-refractivity contribution is 7.86. The molecular weight excluding hydrogens is 294 g/mol. The number of nitrogens with zero attached hydrogens (tertiary/aromatic N) is 1. The lowest BCUT2D eigenvalue weighted by Gasteiger charge is -2.07. The van der Waals surface area contributed by atoms with Crippen molar-refractivity contribution in [1.82, 2.24) is 0 Å². The van der Waals surface area contributed by atoms with Gasteiger partial charge in [0.25, 0.3) is 5.69 Å². The van der Waals surface area contributed by atoms with Crippen LogP contribution in [0, 0.1) is 17.0 Å². The van der Waals surface area contributed by atoms with Crippen LogP contribution in [-0.4, -0.2) is 13.3 Å². The molecule has 2 rings (SSSR count). The van der Waals surface area contributed by atoms with Crippen LogP contribution in [0.15, 0.2) is 48.5 Å². The van der Waals surface area contributed by atoms with Crippen molar-refractivity contribution in [2.75, 3.05) is 0 Å². The number of hydrogen-bond acceptors (Lipinski definition) is 5. The number of para-hydroxylation sites is 1. The third-order valence-electron chi connectivity index (χ3n) is 2.76. The minimum Gasteiger partial charge on any atom is -0.382 e. The Balaban J connectivity index is 2.22. The van der Waals surface area contributed by atoms with E-state index in [1.54, 1.807) is 18.2 Å². The fourth-order valence-electron chi connectivity index (χ4n) is 1.77. The van der Waals surface area contributed by atoms with Crippen LogP contribution in [0.4, 0.5) is 5.69 Å². The van der Waals surface area contributed by atoms with Gasteiger partial charge in [0, 0.05) is 11.6 Å². The Morgan fingerprint density at radius 3 is 2.33 bits per heavy atom. The summed E-state index contributed by atoms with van der Waals surface area (Å²) in [5.74, 6) is -0.378. The van der Waals surface area contributed by atoms with E-state index >= 15 is 0 Å². The van der Waals surface area contributed by atoms with Gasteiger partial charge in [-0.15, -0.1) is 0 Å². The Morgan fingerprint density at radius 2 is 1.71 bits per heavy atom. The van der Waals surface area contributed by atoms with E-state index in [0.717, 1.165) is 5.56 Å². The van der Waals surface area contributed by atoms with Gasteiger partial charge in [-0.3, -0.25) is 10.1 Å². The molecule has 0 aromatic heterocycles. The van der Waals surface area contributed by atoms with Crippen LogP contribution in [0.3, 0.4) is 0 Å². The number of aryl methyl sites for hydroxylation is 1.